The first-order chi connectivity index (χ1) is 15.5. The highest BCUT2D eigenvalue weighted by Gasteiger charge is 2.26. The molecule has 1 aliphatic heterocycles. The molecule has 1 aromatic heterocycles. The van der Waals surface area contributed by atoms with Crippen LogP contribution in [0.1, 0.15) is 19.8 Å². The van der Waals surface area contributed by atoms with Crippen molar-refractivity contribution >= 4 is 52.5 Å². The summed E-state index contributed by atoms with van der Waals surface area (Å²) in [6, 6.07) is 12.6. The van der Waals surface area contributed by atoms with Crippen LogP contribution in [-0.4, -0.2) is 46.1 Å². The Labute approximate surface area is 201 Å². The molecule has 4 rings (SSSR count). The van der Waals surface area contributed by atoms with Gasteiger partial charge in [-0.3, -0.25) is 9.36 Å². The van der Waals surface area contributed by atoms with Gasteiger partial charge in [-0.15, -0.1) is 10.2 Å². The number of anilines is 2. The van der Waals surface area contributed by atoms with E-state index in [-0.39, 0.29) is 5.91 Å². The van der Waals surface area contributed by atoms with Gasteiger partial charge in [0.25, 0.3) is 0 Å². The molecular formula is C22H23Cl2N5O2S. The average molecular weight is 492 g/mol. The fraction of sp³-hybridized carbons (Fsp3) is 0.318. The fourth-order valence-electron chi connectivity index (χ4n) is 3.53. The van der Waals surface area contributed by atoms with Crippen LogP contribution in [0.15, 0.2) is 47.6 Å². The van der Waals surface area contributed by atoms with Crippen molar-refractivity contribution < 1.29 is 9.53 Å². The van der Waals surface area contributed by atoms with Crippen molar-refractivity contribution in [1.82, 2.24) is 14.8 Å². The van der Waals surface area contributed by atoms with E-state index in [1.807, 2.05) is 35.8 Å². The van der Waals surface area contributed by atoms with Crippen molar-refractivity contribution in [1.29, 1.82) is 0 Å². The summed E-state index contributed by atoms with van der Waals surface area (Å²) >= 11 is 13.9. The van der Waals surface area contributed by atoms with E-state index in [0.717, 1.165) is 37.6 Å². The summed E-state index contributed by atoms with van der Waals surface area (Å²) in [5.41, 5.74) is 1.30. The number of carbonyl (C=O) groups is 1. The molecule has 0 spiro atoms. The molecule has 1 saturated heterocycles. The number of ether oxygens (including phenoxy) is 1. The van der Waals surface area contributed by atoms with E-state index in [4.69, 9.17) is 27.9 Å². The van der Waals surface area contributed by atoms with E-state index < -0.39 is 5.25 Å². The number of rotatable bonds is 7. The Morgan fingerprint density at radius 1 is 1.16 bits per heavy atom. The number of carbonyl (C=O) groups excluding carboxylic acids is 1. The minimum Gasteiger partial charge on any atom is -0.495 e. The minimum atomic E-state index is -0.462. The zero-order valence-corrected chi connectivity index (χ0v) is 20.0. The van der Waals surface area contributed by atoms with Gasteiger partial charge in [-0.25, -0.2) is 0 Å². The molecule has 7 nitrogen and oxygen atoms in total. The van der Waals surface area contributed by atoms with Crippen LogP contribution in [0.25, 0.3) is 5.69 Å². The zero-order valence-electron chi connectivity index (χ0n) is 17.7. The molecule has 0 bridgehead atoms. The lowest BCUT2D eigenvalue weighted by Crippen LogP contribution is -2.24. The summed E-state index contributed by atoms with van der Waals surface area (Å²) in [4.78, 5) is 15.1. The van der Waals surface area contributed by atoms with Gasteiger partial charge in [0.05, 0.1) is 28.8 Å². The quantitative estimate of drug-likeness (QED) is 0.452. The first-order valence-electron chi connectivity index (χ1n) is 10.2. The Kier molecular flexibility index (Phi) is 7.13. The number of aromatic nitrogens is 3. The topological polar surface area (TPSA) is 72.3 Å². The normalized spacial score (nSPS) is 14.4. The fourth-order valence-corrected chi connectivity index (χ4v) is 4.78. The maximum Gasteiger partial charge on any atom is 0.237 e. The van der Waals surface area contributed by atoms with E-state index in [1.54, 1.807) is 25.3 Å². The molecule has 1 N–H and O–H groups in total. The van der Waals surface area contributed by atoms with Gasteiger partial charge in [-0.2, -0.15) is 0 Å². The maximum atomic E-state index is 12.9. The number of hydrogen-bond donors (Lipinski definition) is 1. The predicted molar refractivity (Wildman–Crippen MR) is 130 cm³/mol. The van der Waals surface area contributed by atoms with Gasteiger partial charge in [0.1, 0.15) is 5.75 Å². The van der Waals surface area contributed by atoms with Crippen molar-refractivity contribution in [3.63, 3.8) is 0 Å². The molecule has 32 heavy (non-hydrogen) atoms. The highest BCUT2D eigenvalue weighted by Crippen LogP contribution is 2.34. The summed E-state index contributed by atoms with van der Waals surface area (Å²) in [5, 5.41) is 13.0. The number of nitrogens with zero attached hydrogens (tertiary/aromatic N) is 4. The van der Waals surface area contributed by atoms with Crippen molar-refractivity contribution in [3.8, 4) is 11.4 Å². The van der Waals surface area contributed by atoms with Crippen LogP contribution in [0.2, 0.25) is 10.0 Å². The second kappa shape index (κ2) is 10.0. The summed E-state index contributed by atoms with van der Waals surface area (Å²) in [6.07, 6.45) is 2.22. The lowest BCUT2D eigenvalue weighted by molar-refractivity contribution is -0.115. The molecule has 0 saturated carbocycles. The third-order valence-corrected chi connectivity index (χ3v) is 6.77. The second-order valence-electron chi connectivity index (χ2n) is 7.36. The van der Waals surface area contributed by atoms with Crippen LogP contribution in [0.5, 0.6) is 5.75 Å². The third-order valence-electron chi connectivity index (χ3n) is 5.17. The summed E-state index contributed by atoms with van der Waals surface area (Å²) in [6.45, 7) is 3.65. The van der Waals surface area contributed by atoms with Gasteiger partial charge < -0.3 is 15.0 Å². The van der Waals surface area contributed by atoms with Crippen molar-refractivity contribution in [2.24, 2.45) is 0 Å². The zero-order chi connectivity index (χ0) is 22.7. The molecule has 3 aromatic rings. The smallest absolute Gasteiger partial charge is 0.237 e. The Morgan fingerprint density at radius 3 is 2.62 bits per heavy atom. The van der Waals surface area contributed by atoms with Gasteiger partial charge in [0.15, 0.2) is 5.16 Å². The van der Waals surface area contributed by atoms with Crippen molar-refractivity contribution in [2.75, 3.05) is 30.4 Å². The molecule has 2 heterocycles. The van der Waals surface area contributed by atoms with Crippen LogP contribution >= 0.6 is 35.0 Å². The number of hydrogen-bond acceptors (Lipinski definition) is 6. The van der Waals surface area contributed by atoms with Crippen LogP contribution < -0.4 is 15.0 Å². The molecule has 0 aliphatic carbocycles. The Balaban J connectivity index is 1.61. The molecule has 2 aromatic carbocycles. The number of amides is 1. The Bertz CT molecular complexity index is 1120. The van der Waals surface area contributed by atoms with E-state index >= 15 is 0 Å². The summed E-state index contributed by atoms with van der Waals surface area (Å²) in [7, 11) is 1.54. The molecule has 1 atom stereocenters. The molecule has 1 aliphatic rings. The number of benzene rings is 2. The molecule has 1 unspecified atom stereocenters. The largest absolute Gasteiger partial charge is 0.495 e. The van der Waals surface area contributed by atoms with Crippen LogP contribution in [0, 0.1) is 0 Å². The van der Waals surface area contributed by atoms with Gasteiger partial charge in [0, 0.05) is 18.1 Å². The number of methoxy groups -OCH3 is 1. The minimum absolute atomic E-state index is 0.202. The van der Waals surface area contributed by atoms with E-state index in [2.05, 4.69) is 20.4 Å². The van der Waals surface area contributed by atoms with E-state index in [1.165, 1.54) is 11.8 Å². The third kappa shape index (κ3) is 4.82. The van der Waals surface area contributed by atoms with Gasteiger partial charge in [-0.1, -0.05) is 47.1 Å². The predicted octanol–water partition coefficient (Wildman–Crippen LogP) is 5.30. The first-order valence-corrected chi connectivity index (χ1v) is 11.9. The highest BCUT2D eigenvalue weighted by atomic mass is 35.5. The monoisotopic (exact) mass is 491 g/mol. The van der Waals surface area contributed by atoms with Crippen molar-refractivity contribution in [3.05, 3.63) is 52.5 Å². The van der Waals surface area contributed by atoms with Crippen LogP contribution in [0.4, 0.5) is 11.6 Å². The average Bonchev–Trinajstić information content (AvgIpc) is 3.44. The molecule has 1 amide bonds. The van der Waals surface area contributed by atoms with Crippen molar-refractivity contribution in [2.45, 2.75) is 30.2 Å². The SMILES string of the molecule is COc1ccc(Cl)cc1NC(=O)C(C)Sc1nnc(N2CCCC2)n1-c1ccccc1Cl. The van der Waals surface area contributed by atoms with Gasteiger partial charge >= 0.3 is 0 Å². The number of para-hydroxylation sites is 1. The molecule has 168 valence electrons. The Morgan fingerprint density at radius 2 is 1.91 bits per heavy atom. The lowest BCUT2D eigenvalue weighted by atomic mass is 10.3. The lowest BCUT2D eigenvalue weighted by Gasteiger charge is -2.20. The number of thioether (sulfide) groups is 1. The van der Waals surface area contributed by atoms with Crippen LogP contribution in [-0.2, 0) is 4.79 Å². The summed E-state index contributed by atoms with van der Waals surface area (Å²) < 4.78 is 7.26. The van der Waals surface area contributed by atoms with Gasteiger partial charge in [-0.05, 0) is 50.1 Å². The van der Waals surface area contributed by atoms with E-state index in [0.29, 0.717) is 26.6 Å². The molecular weight excluding hydrogens is 469 g/mol. The van der Waals surface area contributed by atoms with E-state index in [9.17, 15) is 4.79 Å². The Hall–Kier alpha value is -2.42. The number of nitrogens with one attached hydrogen (secondary N) is 1. The van der Waals surface area contributed by atoms with Crippen LogP contribution in [0.3, 0.4) is 0 Å². The molecule has 1 fully saturated rings. The molecule has 10 heteroatoms. The molecule has 0 radical (unpaired) electrons. The summed E-state index contributed by atoms with van der Waals surface area (Å²) in [5.74, 6) is 1.07. The standard InChI is InChI=1S/C22H23Cl2N5O2S/c1-14(20(30)25-17-13-15(23)9-10-19(17)31-2)32-22-27-26-21(28-11-5-6-12-28)29(22)18-8-4-3-7-16(18)24/h3-4,7-10,13-14H,5-6,11-12H2,1-2H3,(H,25,30). The maximum absolute atomic E-state index is 12.9. The first kappa shape index (κ1) is 22.8. The number of halogens is 2. The highest BCUT2D eigenvalue weighted by molar-refractivity contribution is 8.00. The second-order valence-corrected chi connectivity index (χ2v) is 9.51. The van der Waals surface area contributed by atoms with Gasteiger partial charge in [0.2, 0.25) is 11.9 Å².